The van der Waals surface area contributed by atoms with Crippen molar-refractivity contribution in [1.29, 1.82) is 0 Å². The second-order valence-corrected chi connectivity index (χ2v) is 6.78. The van der Waals surface area contributed by atoms with Gasteiger partial charge in [-0.1, -0.05) is 20.3 Å². The monoisotopic (exact) mass is 361 g/mol. The molecule has 10 nitrogen and oxygen atoms in total. The Balaban J connectivity index is 2.89. The summed E-state index contributed by atoms with van der Waals surface area (Å²) in [5, 5.41) is 10.8. The van der Waals surface area contributed by atoms with Crippen molar-refractivity contribution in [2.24, 2.45) is 11.7 Å². The maximum absolute atomic E-state index is 12.0. The molecule has 11 heteroatoms. The van der Waals surface area contributed by atoms with Crippen LogP contribution in [0.15, 0.2) is 21.6 Å². The second-order valence-electron chi connectivity index (χ2n) is 5.08. The Hall–Kier alpha value is -2.40. The number of aliphatic carboxylic acids is 1. The summed E-state index contributed by atoms with van der Waals surface area (Å²) in [4.78, 5) is 33.8. The molecule has 5 N–H and O–H groups in total. The highest BCUT2D eigenvalue weighted by Crippen LogP contribution is 2.15. The molecule has 0 unspecified atom stereocenters. The van der Waals surface area contributed by atoms with Gasteiger partial charge >= 0.3 is 5.97 Å². The summed E-state index contributed by atoms with van der Waals surface area (Å²) in [6, 6.07) is 0.960. The third-order valence-electron chi connectivity index (χ3n) is 3.27. The third kappa shape index (κ3) is 5.06. The first kappa shape index (κ1) is 19.6. The van der Waals surface area contributed by atoms with Crippen LogP contribution in [0.5, 0.6) is 0 Å². The summed E-state index contributed by atoms with van der Waals surface area (Å²) in [5.41, 5.74) is 4.84. The molecule has 134 valence electrons. The molecule has 1 aromatic rings. The van der Waals surface area contributed by atoms with E-state index < -0.39 is 45.5 Å². The van der Waals surface area contributed by atoms with Gasteiger partial charge < -0.3 is 20.6 Å². The van der Waals surface area contributed by atoms with E-state index in [1.54, 1.807) is 13.8 Å². The fraction of sp³-hybridized carbons (Fsp3) is 0.462. The number of sulfonamides is 1. The lowest BCUT2D eigenvalue weighted by atomic mass is 9.99. The van der Waals surface area contributed by atoms with Crippen molar-refractivity contribution in [3.63, 3.8) is 0 Å². The molecule has 2 amide bonds. The number of carboxylic acids is 1. The van der Waals surface area contributed by atoms with Crippen LogP contribution in [-0.2, 0) is 19.6 Å². The van der Waals surface area contributed by atoms with Gasteiger partial charge in [0.15, 0.2) is 5.76 Å². The number of carboxylic acid groups (broad SMARTS) is 1. The van der Waals surface area contributed by atoms with Crippen LogP contribution in [0.4, 0.5) is 0 Å². The molecule has 0 aliphatic carbocycles. The summed E-state index contributed by atoms with van der Waals surface area (Å²) in [6.07, 6.45) is 0.520. The number of hydrogen-bond acceptors (Lipinski definition) is 6. The van der Waals surface area contributed by atoms with Gasteiger partial charge in [0.05, 0.1) is 6.54 Å². The van der Waals surface area contributed by atoms with Crippen molar-refractivity contribution in [2.75, 3.05) is 6.54 Å². The zero-order valence-electron chi connectivity index (χ0n) is 13.1. The van der Waals surface area contributed by atoms with E-state index in [0.717, 1.165) is 12.1 Å². The molecule has 0 spiro atoms. The van der Waals surface area contributed by atoms with Crippen LogP contribution in [0.3, 0.4) is 0 Å². The van der Waals surface area contributed by atoms with Gasteiger partial charge in [-0.15, -0.1) is 0 Å². The molecule has 24 heavy (non-hydrogen) atoms. The number of rotatable bonds is 9. The van der Waals surface area contributed by atoms with Gasteiger partial charge in [-0.2, -0.15) is 4.72 Å². The Morgan fingerprint density at radius 2 is 1.96 bits per heavy atom. The minimum Gasteiger partial charge on any atom is -0.480 e. The van der Waals surface area contributed by atoms with Crippen LogP contribution < -0.4 is 15.8 Å². The van der Waals surface area contributed by atoms with Crippen LogP contribution in [0.25, 0.3) is 0 Å². The Bertz CT molecular complexity index is 726. The van der Waals surface area contributed by atoms with E-state index in [1.165, 1.54) is 0 Å². The van der Waals surface area contributed by atoms with Crippen molar-refractivity contribution in [2.45, 2.75) is 31.4 Å². The molecule has 1 aromatic heterocycles. The van der Waals surface area contributed by atoms with Crippen LogP contribution in [0, 0.1) is 5.92 Å². The summed E-state index contributed by atoms with van der Waals surface area (Å²) in [6.45, 7) is 2.80. The fourth-order valence-corrected chi connectivity index (χ4v) is 2.64. The van der Waals surface area contributed by atoms with Crippen molar-refractivity contribution >= 4 is 27.8 Å². The number of furan rings is 1. The van der Waals surface area contributed by atoms with Crippen molar-refractivity contribution in [1.82, 2.24) is 10.0 Å². The summed E-state index contributed by atoms with van der Waals surface area (Å²) in [5.74, 6) is -3.66. The van der Waals surface area contributed by atoms with E-state index >= 15 is 0 Å². The minimum absolute atomic E-state index is 0.332. The molecule has 0 aliphatic heterocycles. The molecule has 1 heterocycles. The zero-order chi connectivity index (χ0) is 18.5. The average Bonchev–Trinajstić information content (AvgIpc) is 3.00. The number of carbonyl (C=O) groups excluding carboxylic acids is 2. The Labute approximate surface area is 138 Å². The highest BCUT2D eigenvalue weighted by atomic mass is 32.2. The van der Waals surface area contributed by atoms with Crippen LogP contribution in [0.2, 0.25) is 0 Å². The molecular weight excluding hydrogens is 342 g/mol. The van der Waals surface area contributed by atoms with Crippen LogP contribution >= 0.6 is 0 Å². The Morgan fingerprint density at radius 3 is 2.46 bits per heavy atom. The first-order valence-electron chi connectivity index (χ1n) is 7.00. The second kappa shape index (κ2) is 7.93. The predicted octanol–water partition coefficient (Wildman–Crippen LogP) is -0.728. The first-order valence-corrected chi connectivity index (χ1v) is 8.48. The van der Waals surface area contributed by atoms with Gasteiger partial charge in [-0.3, -0.25) is 9.59 Å². The molecular formula is C13H19N3O7S. The number of amides is 2. The standard InChI is InChI=1S/C13H19N3O7S/c1-3-7(2)11(13(19)20)16-12(18)8-4-5-10(23-8)24(21,22)15-6-9(14)17/h4-5,7,11,15H,3,6H2,1-2H3,(H2,14,17)(H,16,18)(H,19,20)/t7-,11-/m0/s1. The van der Waals surface area contributed by atoms with Crippen LogP contribution in [-0.4, -0.2) is 43.9 Å². The number of primary amides is 1. The average molecular weight is 361 g/mol. The minimum atomic E-state index is -4.15. The fourth-order valence-electron chi connectivity index (χ4n) is 1.72. The summed E-state index contributed by atoms with van der Waals surface area (Å²) in [7, 11) is -4.15. The maximum atomic E-state index is 12.0. The Kier molecular flexibility index (Phi) is 6.49. The van der Waals surface area contributed by atoms with E-state index in [9.17, 15) is 22.8 Å². The molecule has 0 saturated carbocycles. The molecule has 0 radical (unpaired) electrons. The largest absolute Gasteiger partial charge is 0.480 e. The number of hydrogen-bond donors (Lipinski definition) is 4. The van der Waals surface area contributed by atoms with Crippen molar-refractivity contribution < 1.29 is 32.3 Å². The van der Waals surface area contributed by atoms with Gasteiger partial charge in [-0.05, 0) is 18.1 Å². The smallest absolute Gasteiger partial charge is 0.326 e. The summed E-state index contributed by atoms with van der Waals surface area (Å²) < 4.78 is 30.5. The highest BCUT2D eigenvalue weighted by molar-refractivity contribution is 7.89. The van der Waals surface area contributed by atoms with Gasteiger partial charge in [0.1, 0.15) is 6.04 Å². The lowest BCUT2D eigenvalue weighted by Crippen LogP contribution is -2.44. The van der Waals surface area contributed by atoms with E-state index in [0.29, 0.717) is 6.42 Å². The molecule has 1 rings (SSSR count). The highest BCUT2D eigenvalue weighted by Gasteiger charge is 2.28. The Morgan fingerprint density at radius 1 is 1.33 bits per heavy atom. The van der Waals surface area contributed by atoms with E-state index in [2.05, 4.69) is 5.32 Å². The molecule has 0 saturated heterocycles. The first-order chi connectivity index (χ1) is 11.1. The zero-order valence-corrected chi connectivity index (χ0v) is 13.9. The molecule has 0 aliphatic rings. The van der Waals surface area contributed by atoms with Crippen molar-refractivity contribution in [3.05, 3.63) is 17.9 Å². The predicted molar refractivity (Wildman–Crippen MR) is 81.4 cm³/mol. The normalized spacial score (nSPS) is 13.9. The van der Waals surface area contributed by atoms with E-state index in [4.69, 9.17) is 15.3 Å². The lowest BCUT2D eigenvalue weighted by Gasteiger charge is -2.19. The van der Waals surface area contributed by atoms with E-state index in [-0.39, 0.29) is 11.7 Å². The maximum Gasteiger partial charge on any atom is 0.326 e. The number of carbonyl (C=O) groups is 3. The molecule has 0 bridgehead atoms. The SMILES string of the molecule is CC[C@H](C)[C@H](NC(=O)c1ccc(S(=O)(=O)NCC(N)=O)o1)C(=O)O. The van der Waals surface area contributed by atoms with E-state index in [1.807, 2.05) is 4.72 Å². The van der Waals surface area contributed by atoms with Gasteiger partial charge in [-0.25, -0.2) is 13.2 Å². The lowest BCUT2D eigenvalue weighted by molar-refractivity contribution is -0.140. The number of nitrogens with two attached hydrogens (primary N) is 1. The van der Waals surface area contributed by atoms with Gasteiger partial charge in [0, 0.05) is 0 Å². The van der Waals surface area contributed by atoms with Gasteiger partial charge in [0.25, 0.3) is 15.9 Å². The quantitative estimate of drug-likeness (QED) is 0.449. The molecule has 0 fully saturated rings. The number of nitrogens with one attached hydrogen (secondary N) is 2. The van der Waals surface area contributed by atoms with Crippen LogP contribution in [0.1, 0.15) is 30.8 Å². The third-order valence-corrected chi connectivity index (χ3v) is 4.55. The summed E-state index contributed by atoms with van der Waals surface area (Å²) >= 11 is 0. The topological polar surface area (TPSA) is 169 Å². The molecule has 2 atom stereocenters. The van der Waals surface area contributed by atoms with Crippen molar-refractivity contribution in [3.8, 4) is 0 Å². The van der Waals surface area contributed by atoms with Gasteiger partial charge in [0.2, 0.25) is 11.0 Å². The molecule has 0 aromatic carbocycles.